The summed E-state index contributed by atoms with van der Waals surface area (Å²) in [6, 6.07) is 9.19. The van der Waals surface area contributed by atoms with Crippen molar-refractivity contribution in [3.8, 4) is 0 Å². The molecule has 10 nitrogen and oxygen atoms in total. The van der Waals surface area contributed by atoms with Crippen LogP contribution in [0.2, 0.25) is 0 Å². The van der Waals surface area contributed by atoms with Crippen molar-refractivity contribution in [2.45, 2.75) is 31.5 Å². The normalized spacial score (nSPS) is 20.7. The average Bonchev–Trinajstić information content (AvgIpc) is 2.73. The molecule has 2 atom stereocenters. The molecule has 3 rings (SSSR count). The minimum atomic E-state index is -1.06. The largest absolute Gasteiger partial charge is 0.483 e. The molecule has 31 heavy (non-hydrogen) atoms. The van der Waals surface area contributed by atoms with E-state index in [-0.39, 0.29) is 25.0 Å². The van der Waals surface area contributed by atoms with Crippen molar-refractivity contribution in [1.82, 2.24) is 19.4 Å². The van der Waals surface area contributed by atoms with Crippen LogP contribution in [0.4, 0.5) is 0 Å². The molecule has 2 aromatic rings. The SMILES string of the molecule is Cc1cn(CC(=O)N2CC[C@](O)(c3ccccc3)[C@H](N(C)C)C2)c(=O)[nH]c1=O.O=CO. The van der Waals surface area contributed by atoms with E-state index in [4.69, 9.17) is 9.90 Å². The second-order valence-corrected chi connectivity index (χ2v) is 7.66. The molecular formula is C21H28N4O6. The Hall–Kier alpha value is -3.24. The van der Waals surface area contributed by atoms with Gasteiger partial charge in [0.2, 0.25) is 5.91 Å². The summed E-state index contributed by atoms with van der Waals surface area (Å²) in [6.07, 6.45) is 1.79. The molecule has 1 fully saturated rings. The molecule has 2 heterocycles. The van der Waals surface area contributed by atoms with Gasteiger partial charge in [0, 0.05) is 24.8 Å². The fraction of sp³-hybridized carbons (Fsp3) is 0.429. The zero-order valence-electron chi connectivity index (χ0n) is 17.8. The topological polar surface area (TPSA) is 136 Å². The quantitative estimate of drug-likeness (QED) is 0.559. The smallest absolute Gasteiger partial charge is 0.328 e. The van der Waals surface area contributed by atoms with Crippen LogP contribution in [0.15, 0.2) is 46.1 Å². The van der Waals surface area contributed by atoms with E-state index in [1.54, 1.807) is 11.8 Å². The first-order valence-corrected chi connectivity index (χ1v) is 9.74. The predicted molar refractivity (Wildman–Crippen MR) is 114 cm³/mol. The van der Waals surface area contributed by atoms with Gasteiger partial charge in [-0.15, -0.1) is 0 Å². The number of H-pyrrole nitrogens is 1. The van der Waals surface area contributed by atoms with Gasteiger partial charge in [0.25, 0.3) is 12.0 Å². The van der Waals surface area contributed by atoms with Gasteiger partial charge in [-0.2, -0.15) is 0 Å². The van der Waals surface area contributed by atoms with Gasteiger partial charge < -0.3 is 20.0 Å². The number of likely N-dealkylation sites (N-methyl/N-ethyl adjacent to an activating group) is 1. The highest BCUT2D eigenvalue weighted by Crippen LogP contribution is 2.35. The van der Waals surface area contributed by atoms with E-state index >= 15 is 0 Å². The lowest BCUT2D eigenvalue weighted by molar-refractivity contribution is -0.142. The summed E-state index contributed by atoms with van der Waals surface area (Å²) in [7, 11) is 3.75. The van der Waals surface area contributed by atoms with Gasteiger partial charge in [0.1, 0.15) is 12.1 Å². The van der Waals surface area contributed by atoms with Gasteiger partial charge in [-0.1, -0.05) is 30.3 Å². The van der Waals surface area contributed by atoms with Crippen LogP contribution < -0.4 is 11.2 Å². The number of carboxylic acid groups (broad SMARTS) is 1. The van der Waals surface area contributed by atoms with Gasteiger partial charge >= 0.3 is 5.69 Å². The Kier molecular flexibility index (Phi) is 7.89. The molecule has 0 aliphatic carbocycles. The first-order valence-electron chi connectivity index (χ1n) is 9.74. The molecule has 1 aromatic carbocycles. The zero-order chi connectivity index (χ0) is 23.2. The molecule has 1 amide bonds. The highest BCUT2D eigenvalue weighted by Gasteiger charge is 2.45. The Morgan fingerprint density at radius 1 is 1.29 bits per heavy atom. The Labute approximate surface area is 179 Å². The number of aliphatic hydroxyl groups is 1. The maximum atomic E-state index is 12.8. The van der Waals surface area contributed by atoms with Crippen LogP contribution in [-0.2, 0) is 21.7 Å². The third-order valence-corrected chi connectivity index (χ3v) is 5.45. The van der Waals surface area contributed by atoms with Crippen molar-refractivity contribution in [3.63, 3.8) is 0 Å². The van der Waals surface area contributed by atoms with Gasteiger partial charge in [-0.3, -0.25) is 23.9 Å². The number of aryl methyl sites for hydroxylation is 1. The van der Waals surface area contributed by atoms with E-state index in [1.807, 2.05) is 49.3 Å². The standard InChI is InChI=1S/C20H26N4O4.CH2O2/c1-14-11-24(19(27)21-18(14)26)13-17(25)23-10-9-20(28,16(12-23)22(2)3)15-7-5-4-6-8-15;2-1-3/h4-8,11,16,28H,9-10,12-13H2,1-3H3,(H,21,26,27);1H,(H,2,3)/t16-,20+;/m1./s1. The first kappa shape index (κ1) is 24.0. The molecule has 10 heteroatoms. The number of hydrogen-bond acceptors (Lipinski definition) is 6. The van der Waals surface area contributed by atoms with Gasteiger partial charge in [-0.25, -0.2) is 4.79 Å². The van der Waals surface area contributed by atoms with Crippen LogP contribution in [0.25, 0.3) is 0 Å². The third-order valence-electron chi connectivity index (χ3n) is 5.45. The van der Waals surface area contributed by atoms with Gasteiger partial charge in [0.05, 0.1) is 6.04 Å². The molecule has 0 saturated carbocycles. The molecule has 3 N–H and O–H groups in total. The summed E-state index contributed by atoms with van der Waals surface area (Å²) >= 11 is 0. The van der Waals surface area contributed by atoms with Crippen molar-refractivity contribution in [1.29, 1.82) is 0 Å². The minimum Gasteiger partial charge on any atom is -0.483 e. The van der Waals surface area contributed by atoms with Gasteiger partial charge in [-0.05, 0) is 33.0 Å². The molecule has 1 aromatic heterocycles. The highest BCUT2D eigenvalue weighted by molar-refractivity contribution is 5.76. The lowest BCUT2D eigenvalue weighted by atomic mass is 9.80. The molecule has 0 spiro atoms. The molecule has 168 valence electrons. The van der Waals surface area contributed by atoms with Crippen LogP contribution in [0.3, 0.4) is 0 Å². The molecule has 0 unspecified atom stereocenters. The van der Waals surface area contributed by atoms with Crippen molar-refractivity contribution in [3.05, 3.63) is 68.5 Å². The van der Waals surface area contributed by atoms with Gasteiger partial charge in [0.15, 0.2) is 0 Å². The summed E-state index contributed by atoms with van der Waals surface area (Å²) in [5.74, 6) is -0.226. The minimum absolute atomic E-state index is 0.152. The summed E-state index contributed by atoms with van der Waals surface area (Å²) in [6.45, 7) is 1.91. The Morgan fingerprint density at radius 2 is 1.90 bits per heavy atom. The molecule has 0 bridgehead atoms. The van der Waals surface area contributed by atoms with E-state index in [0.29, 0.717) is 25.1 Å². The number of benzene rings is 1. The lowest BCUT2D eigenvalue weighted by Gasteiger charge is -2.47. The zero-order valence-corrected chi connectivity index (χ0v) is 17.8. The fourth-order valence-electron chi connectivity index (χ4n) is 3.79. The number of nitrogens with zero attached hydrogens (tertiary/aromatic N) is 3. The summed E-state index contributed by atoms with van der Waals surface area (Å²) in [4.78, 5) is 50.4. The maximum absolute atomic E-state index is 12.8. The molecule has 1 saturated heterocycles. The Morgan fingerprint density at radius 3 is 2.48 bits per heavy atom. The lowest BCUT2D eigenvalue weighted by Crippen LogP contribution is -2.60. The summed E-state index contributed by atoms with van der Waals surface area (Å²) in [5.41, 5.74) is -0.922. The third kappa shape index (κ3) is 5.47. The maximum Gasteiger partial charge on any atom is 0.328 e. The summed E-state index contributed by atoms with van der Waals surface area (Å²) < 4.78 is 1.21. The van der Waals surface area contributed by atoms with E-state index in [2.05, 4.69) is 4.98 Å². The molecular weight excluding hydrogens is 404 g/mol. The van der Waals surface area contributed by atoms with Crippen LogP contribution in [0.5, 0.6) is 0 Å². The number of rotatable bonds is 4. The van der Waals surface area contributed by atoms with Crippen molar-refractivity contribution >= 4 is 12.4 Å². The second-order valence-electron chi connectivity index (χ2n) is 7.66. The van der Waals surface area contributed by atoms with E-state index in [9.17, 15) is 19.5 Å². The number of piperidine rings is 1. The van der Waals surface area contributed by atoms with Crippen LogP contribution in [0.1, 0.15) is 17.5 Å². The van der Waals surface area contributed by atoms with Crippen molar-refractivity contribution < 1.29 is 19.8 Å². The van der Waals surface area contributed by atoms with Crippen LogP contribution in [0, 0.1) is 6.92 Å². The number of amides is 1. The van der Waals surface area contributed by atoms with E-state index < -0.39 is 16.9 Å². The number of carbonyl (C=O) groups is 2. The molecule has 1 aliphatic rings. The number of likely N-dealkylation sites (tertiary alicyclic amines) is 1. The number of nitrogens with one attached hydrogen (secondary N) is 1. The Balaban J connectivity index is 0.00000107. The second kappa shape index (κ2) is 10.2. The number of carbonyl (C=O) groups excluding carboxylic acids is 1. The predicted octanol–water partition coefficient (Wildman–Crippen LogP) is -0.404. The van der Waals surface area contributed by atoms with E-state index in [1.165, 1.54) is 10.8 Å². The van der Waals surface area contributed by atoms with Crippen LogP contribution in [-0.4, -0.2) is 75.2 Å². The molecule has 0 radical (unpaired) electrons. The van der Waals surface area contributed by atoms with E-state index in [0.717, 1.165) is 5.56 Å². The fourth-order valence-corrected chi connectivity index (χ4v) is 3.79. The van der Waals surface area contributed by atoms with Crippen molar-refractivity contribution in [2.24, 2.45) is 0 Å². The van der Waals surface area contributed by atoms with Crippen molar-refractivity contribution in [2.75, 3.05) is 27.2 Å². The van der Waals surface area contributed by atoms with Crippen LogP contribution >= 0.6 is 0 Å². The number of aromatic nitrogens is 2. The highest BCUT2D eigenvalue weighted by atomic mass is 16.3. The number of aromatic amines is 1. The average molecular weight is 432 g/mol. The Bertz CT molecular complexity index is 1020. The number of hydrogen-bond donors (Lipinski definition) is 3. The monoisotopic (exact) mass is 432 g/mol. The molecule has 1 aliphatic heterocycles. The summed E-state index contributed by atoms with van der Waals surface area (Å²) in [5, 5.41) is 18.3. The first-order chi connectivity index (χ1) is 14.6.